The Bertz CT molecular complexity index is 568. The van der Waals surface area contributed by atoms with Gasteiger partial charge in [-0.3, -0.25) is 0 Å². The smallest absolute Gasteiger partial charge is 0.235 e. The fraction of sp³-hybridized carbons (Fsp3) is 0.588. The largest absolute Gasteiger partial charge is 0.306 e. The monoisotopic (exact) mass is 304 g/mol. The molecular weight excluding hydrogens is 284 g/mol. The predicted molar refractivity (Wildman–Crippen MR) is 84.6 cm³/mol. The van der Waals surface area contributed by atoms with Crippen LogP contribution < -0.4 is 0 Å². The predicted octanol–water partition coefficient (Wildman–Crippen LogP) is 3.86. The lowest BCUT2D eigenvalue weighted by atomic mass is 9.72. The van der Waals surface area contributed by atoms with E-state index in [0.29, 0.717) is 5.92 Å². The molecule has 112 valence electrons. The van der Waals surface area contributed by atoms with Crippen molar-refractivity contribution >= 4 is 17.7 Å². The molecule has 3 nitrogen and oxygen atoms in total. The van der Waals surface area contributed by atoms with Crippen LogP contribution >= 0.6 is 11.6 Å². The number of carbonyl (C=O) groups excluding carboxylic acids is 1. The molecule has 0 spiro atoms. The summed E-state index contributed by atoms with van der Waals surface area (Å²) in [5, 5.41) is 0.828. The zero-order valence-corrected chi connectivity index (χ0v) is 13.2. The summed E-state index contributed by atoms with van der Waals surface area (Å²) in [6, 6.07) is 6.28. The van der Waals surface area contributed by atoms with Crippen LogP contribution in [-0.4, -0.2) is 31.1 Å². The Balaban J connectivity index is 1.84. The molecule has 1 aromatic carbocycles. The quantitative estimate of drug-likeness (QED) is 0.627. The highest BCUT2D eigenvalue weighted by Gasteiger charge is 2.39. The maximum atomic E-state index is 10.7. The number of hydrogen-bond donors (Lipinski definition) is 0. The van der Waals surface area contributed by atoms with E-state index >= 15 is 0 Å². The van der Waals surface area contributed by atoms with Gasteiger partial charge in [-0.1, -0.05) is 23.7 Å². The molecule has 1 aromatic rings. The van der Waals surface area contributed by atoms with Gasteiger partial charge in [-0.25, -0.2) is 4.79 Å². The van der Waals surface area contributed by atoms with Crippen molar-refractivity contribution in [1.29, 1.82) is 0 Å². The van der Waals surface area contributed by atoms with Gasteiger partial charge in [0.2, 0.25) is 6.08 Å². The number of hydrogen-bond acceptors (Lipinski definition) is 3. The molecule has 0 unspecified atom stereocenters. The molecule has 0 bridgehead atoms. The number of halogens is 1. The highest BCUT2D eigenvalue weighted by atomic mass is 35.5. The molecule has 0 amide bonds. The Morgan fingerprint density at radius 1 is 1.33 bits per heavy atom. The van der Waals surface area contributed by atoms with Gasteiger partial charge in [0.1, 0.15) is 0 Å². The molecule has 0 atom stereocenters. The molecule has 2 aliphatic rings. The third-order valence-electron chi connectivity index (χ3n) is 5.14. The third-order valence-corrected chi connectivity index (χ3v) is 5.46. The lowest BCUT2D eigenvalue weighted by Gasteiger charge is -2.37. The average Bonchev–Trinajstić information content (AvgIpc) is 2.44. The van der Waals surface area contributed by atoms with Crippen molar-refractivity contribution in [1.82, 2.24) is 4.90 Å². The first-order valence-corrected chi connectivity index (χ1v) is 8.10. The van der Waals surface area contributed by atoms with Crippen molar-refractivity contribution in [2.24, 2.45) is 4.99 Å². The van der Waals surface area contributed by atoms with Crippen molar-refractivity contribution in [2.75, 3.05) is 20.1 Å². The Morgan fingerprint density at radius 2 is 2.05 bits per heavy atom. The van der Waals surface area contributed by atoms with E-state index in [9.17, 15) is 4.79 Å². The second-order valence-electron chi connectivity index (χ2n) is 6.40. The molecule has 1 aliphatic heterocycles. The lowest BCUT2D eigenvalue weighted by Crippen LogP contribution is -2.32. The van der Waals surface area contributed by atoms with Crippen LogP contribution in [0.1, 0.15) is 49.1 Å². The Hall–Kier alpha value is -1.15. The maximum Gasteiger partial charge on any atom is 0.235 e. The maximum absolute atomic E-state index is 10.7. The van der Waals surface area contributed by atoms with Crippen molar-refractivity contribution < 1.29 is 4.79 Å². The van der Waals surface area contributed by atoms with Gasteiger partial charge in [-0.2, -0.15) is 4.99 Å². The van der Waals surface area contributed by atoms with Gasteiger partial charge >= 0.3 is 0 Å². The Morgan fingerprint density at radius 3 is 2.57 bits per heavy atom. The normalized spacial score (nSPS) is 22.4. The second kappa shape index (κ2) is 5.92. The highest BCUT2D eigenvalue weighted by Crippen LogP contribution is 2.46. The highest BCUT2D eigenvalue weighted by molar-refractivity contribution is 6.31. The number of aliphatic imine (C=N–C) groups is 1. The van der Waals surface area contributed by atoms with Crippen molar-refractivity contribution in [3.63, 3.8) is 0 Å². The van der Waals surface area contributed by atoms with Gasteiger partial charge in [0.25, 0.3) is 0 Å². The first-order chi connectivity index (χ1) is 10.1. The fourth-order valence-electron chi connectivity index (χ4n) is 3.53. The summed E-state index contributed by atoms with van der Waals surface area (Å²) >= 11 is 6.53. The summed E-state index contributed by atoms with van der Waals surface area (Å²) in [5.41, 5.74) is 1.97. The Kier molecular flexibility index (Phi) is 4.17. The van der Waals surface area contributed by atoms with Crippen LogP contribution in [0.4, 0.5) is 0 Å². The summed E-state index contributed by atoms with van der Waals surface area (Å²) in [4.78, 5) is 17.1. The van der Waals surface area contributed by atoms with Crippen molar-refractivity contribution in [3.8, 4) is 0 Å². The minimum absolute atomic E-state index is 0.350. The van der Waals surface area contributed by atoms with E-state index in [1.807, 2.05) is 6.07 Å². The van der Waals surface area contributed by atoms with Gasteiger partial charge in [-0.15, -0.1) is 0 Å². The number of likely N-dealkylation sites (tertiary alicyclic amines) is 1. The second-order valence-corrected chi connectivity index (χ2v) is 6.81. The van der Waals surface area contributed by atoms with Crippen LogP contribution in [0.5, 0.6) is 0 Å². The molecule has 1 saturated carbocycles. The third kappa shape index (κ3) is 2.78. The zero-order chi connectivity index (χ0) is 14.9. The summed E-state index contributed by atoms with van der Waals surface area (Å²) in [6.07, 6.45) is 7.01. The van der Waals surface area contributed by atoms with E-state index in [1.165, 1.54) is 5.56 Å². The molecule has 0 aromatic heterocycles. The summed E-state index contributed by atoms with van der Waals surface area (Å²) in [5.74, 6) is 0.551. The standard InChI is InChI=1S/C17H21ClN2O/c1-20-9-5-13(6-10-20)15-4-3-14(11-16(15)18)17(19-12-21)7-2-8-17/h3-4,11,13H,2,5-10H2,1H3. The van der Waals surface area contributed by atoms with Crippen LogP contribution in [0.15, 0.2) is 23.2 Å². The van der Waals surface area contributed by atoms with E-state index in [4.69, 9.17) is 11.6 Å². The molecule has 3 rings (SSSR count). The molecule has 4 heteroatoms. The SMILES string of the molecule is CN1CCC(c2ccc(C3(N=C=O)CCC3)cc2Cl)CC1. The van der Waals surface area contributed by atoms with Gasteiger partial charge in [0.15, 0.2) is 0 Å². The van der Waals surface area contributed by atoms with E-state index in [2.05, 4.69) is 29.1 Å². The van der Waals surface area contributed by atoms with Gasteiger partial charge in [0, 0.05) is 5.02 Å². The fourth-order valence-corrected chi connectivity index (χ4v) is 3.87. The van der Waals surface area contributed by atoms with E-state index in [1.54, 1.807) is 6.08 Å². The molecule has 21 heavy (non-hydrogen) atoms. The molecule has 1 aliphatic carbocycles. The van der Waals surface area contributed by atoms with Crippen LogP contribution in [0.3, 0.4) is 0 Å². The molecule has 2 fully saturated rings. The summed E-state index contributed by atoms with van der Waals surface area (Å²) in [7, 11) is 2.17. The molecule has 1 heterocycles. The lowest BCUT2D eigenvalue weighted by molar-refractivity contribution is 0.253. The van der Waals surface area contributed by atoms with Gasteiger partial charge < -0.3 is 4.90 Å². The number of isocyanates is 1. The van der Waals surface area contributed by atoms with Crippen molar-refractivity contribution in [2.45, 2.75) is 43.6 Å². The Labute approximate surface area is 131 Å². The number of benzene rings is 1. The van der Waals surface area contributed by atoms with Crippen molar-refractivity contribution in [3.05, 3.63) is 34.3 Å². The first-order valence-electron chi connectivity index (χ1n) is 7.72. The van der Waals surface area contributed by atoms with Crippen LogP contribution in [0.25, 0.3) is 0 Å². The number of piperidine rings is 1. The number of nitrogens with zero attached hydrogens (tertiary/aromatic N) is 2. The zero-order valence-electron chi connectivity index (χ0n) is 12.4. The van der Waals surface area contributed by atoms with E-state index in [-0.39, 0.29) is 5.54 Å². The van der Waals surface area contributed by atoms with Crippen LogP contribution in [-0.2, 0) is 10.3 Å². The minimum atomic E-state index is -0.350. The molecule has 1 saturated heterocycles. The van der Waals surface area contributed by atoms with Gasteiger partial charge in [0.05, 0.1) is 5.54 Å². The summed E-state index contributed by atoms with van der Waals surface area (Å²) < 4.78 is 0. The first kappa shape index (κ1) is 14.8. The number of rotatable bonds is 3. The molecule has 0 radical (unpaired) electrons. The summed E-state index contributed by atoms with van der Waals surface area (Å²) in [6.45, 7) is 2.25. The van der Waals surface area contributed by atoms with Crippen LogP contribution in [0.2, 0.25) is 5.02 Å². The van der Waals surface area contributed by atoms with E-state index < -0.39 is 0 Å². The molecular formula is C17H21ClN2O. The average molecular weight is 305 g/mol. The minimum Gasteiger partial charge on any atom is -0.306 e. The van der Waals surface area contributed by atoms with Gasteiger partial charge in [-0.05, 0) is 75.4 Å². The molecule has 0 N–H and O–H groups in total. The van der Waals surface area contributed by atoms with Crippen LogP contribution in [0, 0.1) is 0 Å². The topological polar surface area (TPSA) is 32.7 Å². The van der Waals surface area contributed by atoms with E-state index in [0.717, 1.165) is 55.8 Å².